The highest BCUT2D eigenvalue weighted by Gasteiger charge is 2.07. The minimum atomic E-state index is 0.735. The van der Waals surface area contributed by atoms with E-state index in [9.17, 15) is 0 Å². The van der Waals surface area contributed by atoms with Crippen LogP contribution in [0, 0.1) is 13.8 Å². The molecule has 3 aromatic rings. The highest BCUT2D eigenvalue weighted by atomic mass is 79.9. The van der Waals surface area contributed by atoms with E-state index in [1.165, 1.54) is 11.1 Å². The summed E-state index contributed by atoms with van der Waals surface area (Å²) >= 11 is 5.10. The zero-order chi connectivity index (χ0) is 17.8. The van der Waals surface area contributed by atoms with E-state index in [0.717, 1.165) is 32.6 Å². The fourth-order valence-corrected chi connectivity index (χ4v) is 3.73. The molecule has 128 valence electrons. The summed E-state index contributed by atoms with van der Waals surface area (Å²) in [6.07, 6.45) is 1.92. The third-order valence-electron chi connectivity index (χ3n) is 3.86. The van der Waals surface area contributed by atoms with Gasteiger partial charge in [-0.15, -0.1) is 11.3 Å². The van der Waals surface area contributed by atoms with E-state index in [1.807, 2.05) is 29.9 Å². The molecule has 0 N–H and O–H groups in total. The third-order valence-corrected chi connectivity index (χ3v) is 5.24. The van der Waals surface area contributed by atoms with E-state index in [1.54, 1.807) is 11.3 Å². The van der Waals surface area contributed by atoms with Crippen LogP contribution in [0.2, 0.25) is 0 Å². The average molecular weight is 414 g/mol. The van der Waals surface area contributed by atoms with Gasteiger partial charge in [0.2, 0.25) is 4.80 Å². The SMILES string of the molecule is CCN=c1scc(-c2ccc(Br)cc2)n1/N=C/c1ccc(C)cc1C. The quantitative estimate of drug-likeness (QED) is 0.512. The molecule has 0 unspecified atom stereocenters. The van der Waals surface area contributed by atoms with Crippen LogP contribution in [0.25, 0.3) is 11.3 Å². The van der Waals surface area contributed by atoms with Gasteiger partial charge < -0.3 is 0 Å². The van der Waals surface area contributed by atoms with Gasteiger partial charge in [0.25, 0.3) is 0 Å². The number of thiazole rings is 1. The van der Waals surface area contributed by atoms with Gasteiger partial charge in [-0.1, -0.05) is 51.8 Å². The standard InChI is InChI=1S/C20H20BrN3S/c1-4-22-20-24(23-12-17-6-5-14(2)11-15(17)3)19(13-25-20)16-7-9-18(21)10-8-16/h5-13H,4H2,1-3H3/b22-20?,23-12+. The van der Waals surface area contributed by atoms with Gasteiger partial charge in [-0.25, -0.2) is 4.68 Å². The van der Waals surface area contributed by atoms with Crippen LogP contribution in [-0.4, -0.2) is 17.4 Å². The second-order valence-electron chi connectivity index (χ2n) is 5.80. The van der Waals surface area contributed by atoms with Crippen molar-refractivity contribution in [1.82, 2.24) is 4.68 Å². The number of hydrogen-bond donors (Lipinski definition) is 0. The predicted octanol–water partition coefficient (Wildman–Crippen LogP) is 5.40. The van der Waals surface area contributed by atoms with Gasteiger partial charge in [-0.05, 0) is 44.0 Å². The van der Waals surface area contributed by atoms with Crippen LogP contribution in [0.4, 0.5) is 0 Å². The topological polar surface area (TPSA) is 29.6 Å². The monoisotopic (exact) mass is 413 g/mol. The van der Waals surface area contributed by atoms with Crippen molar-refractivity contribution in [3.05, 3.63) is 73.8 Å². The van der Waals surface area contributed by atoms with E-state index < -0.39 is 0 Å². The van der Waals surface area contributed by atoms with Gasteiger partial charge >= 0.3 is 0 Å². The van der Waals surface area contributed by atoms with Crippen molar-refractivity contribution in [3.8, 4) is 11.3 Å². The average Bonchev–Trinajstić information content (AvgIpc) is 2.98. The van der Waals surface area contributed by atoms with Crippen molar-refractivity contribution in [3.63, 3.8) is 0 Å². The zero-order valence-electron chi connectivity index (χ0n) is 14.5. The number of halogens is 1. The normalized spacial score (nSPS) is 12.2. The molecule has 25 heavy (non-hydrogen) atoms. The summed E-state index contributed by atoms with van der Waals surface area (Å²) in [5.74, 6) is 0. The molecule has 0 saturated carbocycles. The minimum absolute atomic E-state index is 0.735. The smallest absolute Gasteiger partial charge is 0.206 e. The lowest BCUT2D eigenvalue weighted by Crippen LogP contribution is -2.12. The molecule has 1 heterocycles. The maximum atomic E-state index is 4.74. The first-order valence-corrected chi connectivity index (χ1v) is 9.84. The maximum Gasteiger partial charge on any atom is 0.206 e. The number of rotatable bonds is 4. The Morgan fingerprint density at radius 2 is 1.88 bits per heavy atom. The Labute approximate surface area is 160 Å². The minimum Gasteiger partial charge on any atom is -0.258 e. The van der Waals surface area contributed by atoms with Crippen LogP contribution in [0.3, 0.4) is 0 Å². The molecule has 0 radical (unpaired) electrons. The summed E-state index contributed by atoms with van der Waals surface area (Å²) in [5.41, 5.74) is 5.77. The molecule has 0 spiro atoms. The lowest BCUT2D eigenvalue weighted by atomic mass is 10.1. The van der Waals surface area contributed by atoms with Gasteiger partial charge in [0, 0.05) is 22.0 Å². The first-order chi connectivity index (χ1) is 12.1. The number of hydrogen-bond acceptors (Lipinski definition) is 3. The Hall–Kier alpha value is -1.98. The van der Waals surface area contributed by atoms with Crippen LogP contribution >= 0.6 is 27.3 Å². The fourth-order valence-electron chi connectivity index (χ4n) is 2.56. The third kappa shape index (κ3) is 4.17. The molecule has 0 aliphatic carbocycles. The highest BCUT2D eigenvalue weighted by molar-refractivity contribution is 9.10. The summed E-state index contributed by atoms with van der Waals surface area (Å²) in [5, 5.41) is 6.85. The van der Waals surface area contributed by atoms with Crippen LogP contribution in [0.15, 0.2) is 62.4 Å². The zero-order valence-corrected chi connectivity index (χ0v) is 16.9. The van der Waals surface area contributed by atoms with Crippen LogP contribution in [-0.2, 0) is 0 Å². The molecule has 0 amide bonds. The van der Waals surface area contributed by atoms with E-state index >= 15 is 0 Å². The second kappa shape index (κ2) is 7.93. The number of aryl methyl sites for hydroxylation is 2. The van der Waals surface area contributed by atoms with Crippen molar-refractivity contribution in [1.29, 1.82) is 0 Å². The Kier molecular flexibility index (Phi) is 5.66. The summed E-state index contributed by atoms with van der Waals surface area (Å²) in [4.78, 5) is 5.48. The van der Waals surface area contributed by atoms with Crippen LogP contribution in [0.1, 0.15) is 23.6 Å². The largest absolute Gasteiger partial charge is 0.258 e. The molecule has 0 aliphatic heterocycles. The second-order valence-corrected chi connectivity index (χ2v) is 7.55. The predicted molar refractivity (Wildman–Crippen MR) is 110 cm³/mol. The van der Waals surface area contributed by atoms with Gasteiger partial charge in [0.15, 0.2) is 0 Å². The molecule has 0 aliphatic rings. The summed E-state index contributed by atoms with van der Waals surface area (Å²) in [6, 6.07) is 14.7. The van der Waals surface area contributed by atoms with Crippen molar-refractivity contribution in [2.75, 3.05) is 6.54 Å². The number of aromatic nitrogens is 1. The van der Waals surface area contributed by atoms with Crippen molar-refractivity contribution in [2.24, 2.45) is 10.1 Å². The Morgan fingerprint density at radius 3 is 2.56 bits per heavy atom. The van der Waals surface area contributed by atoms with Crippen molar-refractivity contribution < 1.29 is 0 Å². The lowest BCUT2D eigenvalue weighted by Gasteiger charge is -2.05. The van der Waals surface area contributed by atoms with E-state index in [2.05, 4.69) is 70.5 Å². The van der Waals surface area contributed by atoms with Gasteiger partial charge in [-0.3, -0.25) is 4.99 Å². The molecule has 3 nitrogen and oxygen atoms in total. The number of nitrogens with zero attached hydrogens (tertiary/aromatic N) is 3. The van der Waals surface area contributed by atoms with Crippen molar-refractivity contribution in [2.45, 2.75) is 20.8 Å². The first-order valence-electron chi connectivity index (χ1n) is 8.17. The summed E-state index contributed by atoms with van der Waals surface area (Å²) in [6.45, 7) is 6.99. The van der Waals surface area contributed by atoms with E-state index in [-0.39, 0.29) is 0 Å². The maximum absolute atomic E-state index is 4.74. The van der Waals surface area contributed by atoms with Crippen molar-refractivity contribution >= 4 is 33.5 Å². The lowest BCUT2D eigenvalue weighted by molar-refractivity contribution is 0.833. The van der Waals surface area contributed by atoms with E-state index in [4.69, 9.17) is 5.10 Å². The summed E-state index contributed by atoms with van der Waals surface area (Å²) in [7, 11) is 0. The Bertz CT molecular complexity index is 965. The molecule has 0 atom stereocenters. The molecular formula is C20H20BrN3S. The molecule has 5 heteroatoms. The fraction of sp³-hybridized carbons (Fsp3) is 0.200. The summed E-state index contributed by atoms with van der Waals surface area (Å²) < 4.78 is 2.99. The Balaban J connectivity index is 2.07. The molecular weight excluding hydrogens is 394 g/mol. The van der Waals surface area contributed by atoms with Gasteiger partial charge in [0.05, 0.1) is 11.9 Å². The Morgan fingerprint density at radius 1 is 1.12 bits per heavy atom. The molecule has 0 saturated heterocycles. The molecule has 1 aromatic heterocycles. The molecule has 2 aromatic carbocycles. The molecule has 3 rings (SSSR count). The van der Waals surface area contributed by atoms with Crippen LogP contribution in [0.5, 0.6) is 0 Å². The first kappa shape index (κ1) is 17.8. The van der Waals surface area contributed by atoms with Crippen LogP contribution < -0.4 is 4.80 Å². The molecule has 0 fully saturated rings. The molecule has 0 bridgehead atoms. The highest BCUT2D eigenvalue weighted by Crippen LogP contribution is 2.22. The van der Waals surface area contributed by atoms with E-state index in [0.29, 0.717) is 0 Å². The number of benzene rings is 2. The van der Waals surface area contributed by atoms with Gasteiger partial charge in [0.1, 0.15) is 0 Å². The van der Waals surface area contributed by atoms with Gasteiger partial charge in [-0.2, -0.15) is 5.10 Å².